The topological polar surface area (TPSA) is 59.1 Å². The molecule has 2 fully saturated rings. The fourth-order valence-electron chi connectivity index (χ4n) is 3.04. The maximum absolute atomic E-state index is 12.4. The third kappa shape index (κ3) is 3.64. The number of carbonyl (C=O) groups excluding carboxylic acids is 2. The highest BCUT2D eigenvalue weighted by molar-refractivity contribution is 5.87. The number of methoxy groups -OCH3 is 1. The molecule has 6 heteroatoms. The van der Waals surface area contributed by atoms with Gasteiger partial charge in [-0.1, -0.05) is 12.1 Å². The Labute approximate surface area is 136 Å². The van der Waals surface area contributed by atoms with E-state index in [1.54, 1.807) is 16.9 Å². The van der Waals surface area contributed by atoms with E-state index in [0.717, 1.165) is 17.7 Å². The van der Waals surface area contributed by atoms with Crippen LogP contribution in [0, 0.1) is 5.92 Å². The van der Waals surface area contributed by atoms with Crippen molar-refractivity contribution in [2.75, 3.05) is 40.0 Å². The predicted octanol–water partition coefficient (Wildman–Crippen LogP) is 0.902. The molecule has 2 aliphatic rings. The molecule has 1 aromatic carbocycles. The van der Waals surface area contributed by atoms with Gasteiger partial charge < -0.3 is 19.3 Å². The van der Waals surface area contributed by atoms with Crippen LogP contribution in [0.2, 0.25) is 0 Å². The van der Waals surface area contributed by atoms with Crippen LogP contribution in [-0.4, -0.2) is 61.6 Å². The normalized spacial score (nSPS) is 21.6. The van der Waals surface area contributed by atoms with Gasteiger partial charge in [-0.05, 0) is 24.1 Å². The van der Waals surface area contributed by atoms with Crippen molar-refractivity contribution in [3.8, 4) is 5.75 Å². The third-order valence-electron chi connectivity index (χ3n) is 4.42. The highest BCUT2D eigenvalue weighted by Crippen LogP contribution is 2.19. The average Bonchev–Trinajstić information content (AvgIpc) is 3.11. The SMILES string of the molecule is COc1cccc(CN2CCN(C(=O)[C@@H]3CCOC3)CC2=O)c1. The predicted molar refractivity (Wildman–Crippen MR) is 83.9 cm³/mol. The second-order valence-electron chi connectivity index (χ2n) is 5.99. The van der Waals surface area contributed by atoms with Crippen LogP contribution >= 0.6 is 0 Å². The van der Waals surface area contributed by atoms with Gasteiger partial charge in [-0.2, -0.15) is 0 Å². The Morgan fingerprint density at radius 1 is 1.39 bits per heavy atom. The van der Waals surface area contributed by atoms with E-state index < -0.39 is 0 Å². The number of amides is 2. The van der Waals surface area contributed by atoms with Crippen molar-refractivity contribution < 1.29 is 19.1 Å². The van der Waals surface area contributed by atoms with Gasteiger partial charge in [0.1, 0.15) is 5.75 Å². The molecule has 2 amide bonds. The fraction of sp³-hybridized carbons (Fsp3) is 0.529. The van der Waals surface area contributed by atoms with Gasteiger partial charge in [0.2, 0.25) is 11.8 Å². The molecule has 2 saturated heterocycles. The van der Waals surface area contributed by atoms with E-state index in [0.29, 0.717) is 32.8 Å². The standard InChI is InChI=1S/C17H22N2O4/c1-22-15-4-2-3-13(9-15)10-18-6-7-19(11-16(18)20)17(21)14-5-8-23-12-14/h2-4,9,14H,5-8,10-12H2,1H3/t14-/m1/s1. The minimum Gasteiger partial charge on any atom is -0.497 e. The van der Waals surface area contributed by atoms with Gasteiger partial charge in [0.25, 0.3) is 0 Å². The van der Waals surface area contributed by atoms with Crippen molar-refractivity contribution in [2.45, 2.75) is 13.0 Å². The Bertz CT molecular complexity index is 584. The lowest BCUT2D eigenvalue weighted by Crippen LogP contribution is -2.53. The van der Waals surface area contributed by atoms with Crippen LogP contribution < -0.4 is 4.74 Å². The zero-order valence-electron chi connectivity index (χ0n) is 13.4. The molecule has 0 radical (unpaired) electrons. The van der Waals surface area contributed by atoms with Crippen LogP contribution in [-0.2, 0) is 20.9 Å². The zero-order chi connectivity index (χ0) is 16.2. The molecule has 0 bridgehead atoms. The molecule has 0 aliphatic carbocycles. The number of rotatable bonds is 4. The Morgan fingerprint density at radius 3 is 2.96 bits per heavy atom. The molecule has 3 rings (SSSR count). The summed E-state index contributed by atoms with van der Waals surface area (Å²) in [6, 6.07) is 7.70. The number of carbonyl (C=O) groups is 2. The van der Waals surface area contributed by atoms with E-state index >= 15 is 0 Å². The summed E-state index contributed by atoms with van der Waals surface area (Å²) in [5.41, 5.74) is 1.03. The number of nitrogens with zero attached hydrogens (tertiary/aromatic N) is 2. The monoisotopic (exact) mass is 318 g/mol. The van der Waals surface area contributed by atoms with Crippen LogP contribution in [0.5, 0.6) is 5.75 Å². The molecule has 0 N–H and O–H groups in total. The van der Waals surface area contributed by atoms with Crippen LogP contribution in [0.3, 0.4) is 0 Å². The number of ether oxygens (including phenoxy) is 2. The summed E-state index contributed by atoms with van der Waals surface area (Å²) in [6.45, 7) is 2.99. The van der Waals surface area contributed by atoms with Gasteiger partial charge in [0, 0.05) is 26.2 Å². The Balaban J connectivity index is 1.58. The molecule has 1 aromatic rings. The van der Waals surface area contributed by atoms with Crippen molar-refractivity contribution in [2.24, 2.45) is 5.92 Å². The van der Waals surface area contributed by atoms with Crippen LogP contribution in [0.1, 0.15) is 12.0 Å². The van der Waals surface area contributed by atoms with E-state index in [4.69, 9.17) is 9.47 Å². The first-order valence-corrected chi connectivity index (χ1v) is 7.94. The first-order valence-electron chi connectivity index (χ1n) is 7.94. The van der Waals surface area contributed by atoms with Crippen molar-refractivity contribution in [1.82, 2.24) is 9.80 Å². The lowest BCUT2D eigenvalue weighted by Gasteiger charge is -2.35. The van der Waals surface area contributed by atoms with Crippen molar-refractivity contribution in [3.05, 3.63) is 29.8 Å². The molecule has 6 nitrogen and oxygen atoms in total. The molecule has 124 valence electrons. The van der Waals surface area contributed by atoms with E-state index in [-0.39, 0.29) is 24.3 Å². The molecule has 0 aromatic heterocycles. The van der Waals surface area contributed by atoms with Gasteiger partial charge >= 0.3 is 0 Å². The lowest BCUT2D eigenvalue weighted by atomic mass is 10.1. The third-order valence-corrected chi connectivity index (χ3v) is 4.42. The second kappa shape index (κ2) is 7.00. The van der Waals surface area contributed by atoms with Crippen LogP contribution in [0.25, 0.3) is 0 Å². The summed E-state index contributed by atoms with van der Waals surface area (Å²) in [4.78, 5) is 28.2. The molecule has 1 atom stereocenters. The summed E-state index contributed by atoms with van der Waals surface area (Å²) in [6.07, 6.45) is 0.761. The van der Waals surface area contributed by atoms with E-state index in [1.165, 1.54) is 0 Å². The van der Waals surface area contributed by atoms with E-state index in [1.807, 2.05) is 24.3 Å². The molecular formula is C17H22N2O4. The number of benzene rings is 1. The second-order valence-corrected chi connectivity index (χ2v) is 5.99. The Kier molecular flexibility index (Phi) is 4.81. The Hall–Kier alpha value is -2.08. The van der Waals surface area contributed by atoms with Crippen molar-refractivity contribution in [1.29, 1.82) is 0 Å². The number of hydrogen-bond donors (Lipinski definition) is 0. The highest BCUT2D eigenvalue weighted by Gasteiger charge is 2.32. The summed E-state index contributed by atoms with van der Waals surface area (Å²) in [5, 5.41) is 0. The molecule has 2 aliphatic heterocycles. The smallest absolute Gasteiger partial charge is 0.242 e. The molecular weight excluding hydrogens is 296 g/mol. The largest absolute Gasteiger partial charge is 0.497 e. The van der Waals surface area contributed by atoms with Gasteiger partial charge in [0.15, 0.2) is 0 Å². The molecule has 0 spiro atoms. The fourth-order valence-corrected chi connectivity index (χ4v) is 3.04. The quantitative estimate of drug-likeness (QED) is 0.828. The van der Waals surface area contributed by atoms with Gasteiger partial charge in [-0.3, -0.25) is 9.59 Å². The zero-order valence-corrected chi connectivity index (χ0v) is 13.4. The Morgan fingerprint density at radius 2 is 2.26 bits per heavy atom. The number of piperazine rings is 1. The molecule has 2 heterocycles. The minimum absolute atomic E-state index is 0.00802. The highest BCUT2D eigenvalue weighted by atomic mass is 16.5. The summed E-state index contributed by atoms with van der Waals surface area (Å²) in [5.74, 6) is 0.751. The van der Waals surface area contributed by atoms with Gasteiger partial charge in [0.05, 0.1) is 26.2 Å². The minimum atomic E-state index is -0.0762. The average molecular weight is 318 g/mol. The first-order chi connectivity index (χ1) is 11.2. The van der Waals surface area contributed by atoms with Crippen LogP contribution in [0.15, 0.2) is 24.3 Å². The van der Waals surface area contributed by atoms with Gasteiger partial charge in [-0.25, -0.2) is 0 Å². The van der Waals surface area contributed by atoms with Gasteiger partial charge in [-0.15, -0.1) is 0 Å². The molecule has 0 unspecified atom stereocenters. The van der Waals surface area contributed by atoms with E-state index in [2.05, 4.69) is 0 Å². The van der Waals surface area contributed by atoms with Crippen LogP contribution in [0.4, 0.5) is 0 Å². The van der Waals surface area contributed by atoms with Crippen molar-refractivity contribution in [3.63, 3.8) is 0 Å². The van der Waals surface area contributed by atoms with E-state index in [9.17, 15) is 9.59 Å². The number of hydrogen-bond acceptors (Lipinski definition) is 4. The molecule has 23 heavy (non-hydrogen) atoms. The summed E-state index contributed by atoms with van der Waals surface area (Å²) < 4.78 is 10.5. The molecule has 0 saturated carbocycles. The first kappa shape index (κ1) is 15.8. The maximum atomic E-state index is 12.4. The maximum Gasteiger partial charge on any atom is 0.242 e. The summed E-state index contributed by atoms with van der Waals surface area (Å²) in [7, 11) is 1.63. The lowest BCUT2D eigenvalue weighted by molar-refractivity contribution is -0.148. The van der Waals surface area contributed by atoms with Crippen molar-refractivity contribution >= 4 is 11.8 Å². The summed E-state index contributed by atoms with van der Waals surface area (Å²) >= 11 is 0.